The van der Waals surface area contributed by atoms with Crippen LogP contribution in [0.3, 0.4) is 0 Å². The number of hydrogen-bond acceptors (Lipinski definition) is 1. The highest BCUT2D eigenvalue weighted by molar-refractivity contribution is 4.45. The first kappa shape index (κ1) is 22.5. The minimum atomic E-state index is 0. The fraction of sp³-hybridized carbons (Fsp3) is 1.00. The summed E-state index contributed by atoms with van der Waals surface area (Å²) in [6, 6.07) is 0. The lowest BCUT2D eigenvalue weighted by Gasteiger charge is -2.29. The Bertz CT molecular complexity index is 186. The van der Waals surface area contributed by atoms with Crippen LogP contribution >= 0.6 is 0 Å². The molecule has 0 heterocycles. The van der Waals surface area contributed by atoms with Crippen molar-refractivity contribution in [2.24, 2.45) is 0 Å². The van der Waals surface area contributed by atoms with Gasteiger partial charge < -0.3 is 21.6 Å². The first-order chi connectivity index (χ1) is 9.12. The van der Waals surface area contributed by atoms with Crippen LogP contribution in [0.2, 0.25) is 0 Å². The molecule has 0 saturated heterocycles. The third-order valence-electron chi connectivity index (χ3n) is 3.70. The maximum absolute atomic E-state index is 5.73. The van der Waals surface area contributed by atoms with Crippen molar-refractivity contribution < 1.29 is 21.6 Å². The molecule has 0 aliphatic rings. The largest absolute Gasteiger partial charge is 1.00 e. The first-order valence-electron chi connectivity index (χ1n) is 8.52. The molecule has 0 bridgehead atoms. The second kappa shape index (κ2) is 15.6. The zero-order chi connectivity index (χ0) is 14.4. The van der Waals surface area contributed by atoms with Gasteiger partial charge in [-0.05, 0) is 19.3 Å². The number of unbranched alkanes of at least 4 members (excludes halogenated alkanes) is 8. The zero-order valence-corrected chi connectivity index (χ0v) is 15.2. The van der Waals surface area contributed by atoms with Crippen LogP contribution in [0.15, 0.2) is 0 Å². The molecule has 0 radical (unpaired) electrons. The quantitative estimate of drug-likeness (QED) is 0.271. The van der Waals surface area contributed by atoms with Crippen LogP contribution in [0.1, 0.15) is 78.1 Å². The number of nitrogens with zero attached hydrogens (tertiary/aromatic N) is 1. The summed E-state index contributed by atoms with van der Waals surface area (Å²) in [4.78, 5) is 0. The molecule has 0 unspecified atom stereocenters. The number of halogens is 1. The van der Waals surface area contributed by atoms with Crippen molar-refractivity contribution in [2.75, 3.05) is 34.0 Å². The van der Waals surface area contributed by atoms with Gasteiger partial charge in [0, 0.05) is 0 Å². The summed E-state index contributed by atoms with van der Waals surface area (Å²) < 4.78 is 6.75. The maximum atomic E-state index is 5.73. The Hall–Kier alpha value is 0.210. The number of quaternary nitrogens is 1. The summed E-state index contributed by atoms with van der Waals surface area (Å²) in [7, 11) is 4.57. The molecule has 0 fully saturated rings. The molecule has 0 spiro atoms. The summed E-state index contributed by atoms with van der Waals surface area (Å²) in [5.41, 5.74) is 0. The highest BCUT2D eigenvalue weighted by atomic mass is 35.5. The van der Waals surface area contributed by atoms with Crippen LogP contribution in [0, 0.1) is 0 Å². The average Bonchev–Trinajstić information content (AvgIpc) is 2.38. The Kier molecular flexibility index (Phi) is 17.5. The Morgan fingerprint density at radius 1 is 0.700 bits per heavy atom. The molecule has 0 aromatic rings. The van der Waals surface area contributed by atoms with Crippen molar-refractivity contribution in [2.45, 2.75) is 78.1 Å². The molecule has 124 valence electrons. The third kappa shape index (κ3) is 16.3. The topological polar surface area (TPSA) is 9.23 Å². The standard InChI is InChI=1S/C17H38NO.ClH/c1-5-7-9-10-11-12-13-14-15-18(3,4)17-19-16-8-6-2;/h5-17H2,1-4H3;1H/q+1;/p-1. The van der Waals surface area contributed by atoms with Crippen LogP contribution in [0.5, 0.6) is 0 Å². The van der Waals surface area contributed by atoms with Gasteiger partial charge in [0.05, 0.1) is 27.2 Å². The van der Waals surface area contributed by atoms with Crippen molar-refractivity contribution in [1.29, 1.82) is 0 Å². The summed E-state index contributed by atoms with van der Waals surface area (Å²) in [6.45, 7) is 7.54. The number of hydrogen-bond donors (Lipinski definition) is 0. The van der Waals surface area contributed by atoms with E-state index in [1.807, 2.05) is 0 Å². The van der Waals surface area contributed by atoms with E-state index in [0.717, 1.165) is 17.8 Å². The smallest absolute Gasteiger partial charge is 0.182 e. The van der Waals surface area contributed by atoms with Gasteiger partial charge in [-0.1, -0.05) is 58.8 Å². The molecule has 0 rings (SSSR count). The molecule has 20 heavy (non-hydrogen) atoms. The van der Waals surface area contributed by atoms with Gasteiger partial charge in [0.15, 0.2) is 6.73 Å². The molecule has 0 aromatic carbocycles. The van der Waals surface area contributed by atoms with E-state index in [2.05, 4.69) is 27.9 Å². The number of ether oxygens (including phenoxy) is 1. The molecular formula is C17H38ClNO. The molecular weight excluding hydrogens is 270 g/mol. The van der Waals surface area contributed by atoms with E-state index < -0.39 is 0 Å². The summed E-state index contributed by atoms with van der Waals surface area (Å²) in [5, 5.41) is 0. The van der Waals surface area contributed by atoms with Gasteiger partial charge in [0.2, 0.25) is 0 Å². The molecule has 0 N–H and O–H groups in total. The van der Waals surface area contributed by atoms with Gasteiger partial charge in [-0.2, -0.15) is 0 Å². The summed E-state index contributed by atoms with van der Waals surface area (Å²) in [5.74, 6) is 0. The number of rotatable bonds is 14. The second-order valence-electron chi connectivity index (χ2n) is 6.53. The molecule has 0 aliphatic heterocycles. The highest BCUT2D eigenvalue weighted by Crippen LogP contribution is 2.10. The summed E-state index contributed by atoms with van der Waals surface area (Å²) in [6.07, 6.45) is 13.6. The molecule has 0 atom stereocenters. The fourth-order valence-electron chi connectivity index (χ4n) is 2.30. The van der Waals surface area contributed by atoms with Crippen molar-refractivity contribution in [1.82, 2.24) is 0 Å². The Morgan fingerprint density at radius 3 is 1.75 bits per heavy atom. The summed E-state index contributed by atoms with van der Waals surface area (Å²) >= 11 is 0. The van der Waals surface area contributed by atoms with E-state index in [1.165, 1.54) is 70.8 Å². The zero-order valence-electron chi connectivity index (χ0n) is 14.4. The molecule has 0 aliphatic carbocycles. The monoisotopic (exact) mass is 307 g/mol. The van der Waals surface area contributed by atoms with Crippen LogP contribution in [-0.2, 0) is 4.74 Å². The van der Waals surface area contributed by atoms with E-state index in [0.29, 0.717) is 0 Å². The van der Waals surface area contributed by atoms with E-state index in [4.69, 9.17) is 4.74 Å². The van der Waals surface area contributed by atoms with Gasteiger partial charge >= 0.3 is 0 Å². The van der Waals surface area contributed by atoms with Crippen LogP contribution in [0.25, 0.3) is 0 Å². The second-order valence-corrected chi connectivity index (χ2v) is 6.53. The third-order valence-corrected chi connectivity index (χ3v) is 3.70. The lowest BCUT2D eigenvalue weighted by atomic mass is 10.1. The van der Waals surface area contributed by atoms with Gasteiger partial charge in [-0.3, -0.25) is 0 Å². The molecule has 3 heteroatoms. The first-order valence-corrected chi connectivity index (χ1v) is 8.52. The Labute approximate surface area is 134 Å². The predicted octanol–water partition coefficient (Wildman–Crippen LogP) is 1.98. The lowest BCUT2D eigenvalue weighted by Crippen LogP contribution is -3.00. The van der Waals surface area contributed by atoms with Crippen molar-refractivity contribution >= 4 is 0 Å². The predicted molar refractivity (Wildman–Crippen MR) is 85.3 cm³/mol. The SMILES string of the molecule is CCCCCCCCCC[N+](C)(C)COCCCC.[Cl-]. The fourth-order valence-corrected chi connectivity index (χ4v) is 2.30. The Balaban J connectivity index is 0. The van der Waals surface area contributed by atoms with E-state index >= 15 is 0 Å². The van der Waals surface area contributed by atoms with Crippen molar-refractivity contribution in [3.8, 4) is 0 Å². The molecule has 0 aromatic heterocycles. The maximum Gasteiger partial charge on any atom is 0.182 e. The van der Waals surface area contributed by atoms with Crippen molar-refractivity contribution in [3.05, 3.63) is 0 Å². The highest BCUT2D eigenvalue weighted by Gasteiger charge is 2.13. The van der Waals surface area contributed by atoms with E-state index in [9.17, 15) is 0 Å². The van der Waals surface area contributed by atoms with Gasteiger partial charge in [0.25, 0.3) is 0 Å². The van der Waals surface area contributed by atoms with Crippen LogP contribution in [0.4, 0.5) is 0 Å². The van der Waals surface area contributed by atoms with Gasteiger partial charge in [-0.15, -0.1) is 0 Å². The molecule has 2 nitrogen and oxygen atoms in total. The minimum absolute atomic E-state index is 0. The van der Waals surface area contributed by atoms with Gasteiger partial charge in [-0.25, -0.2) is 0 Å². The normalized spacial score (nSPS) is 11.4. The Morgan fingerprint density at radius 2 is 1.20 bits per heavy atom. The molecule has 0 saturated carbocycles. The molecule has 0 amide bonds. The van der Waals surface area contributed by atoms with Crippen LogP contribution < -0.4 is 12.4 Å². The average molecular weight is 308 g/mol. The minimum Gasteiger partial charge on any atom is -1.00 e. The van der Waals surface area contributed by atoms with Crippen molar-refractivity contribution in [3.63, 3.8) is 0 Å². The van der Waals surface area contributed by atoms with Crippen LogP contribution in [-0.4, -0.2) is 38.5 Å². The van der Waals surface area contributed by atoms with Gasteiger partial charge in [0.1, 0.15) is 0 Å². The van der Waals surface area contributed by atoms with E-state index in [1.54, 1.807) is 0 Å². The lowest BCUT2D eigenvalue weighted by molar-refractivity contribution is -0.909. The van der Waals surface area contributed by atoms with E-state index in [-0.39, 0.29) is 12.4 Å².